The van der Waals surface area contributed by atoms with Crippen molar-refractivity contribution in [1.29, 1.82) is 0 Å². The molecule has 1 aliphatic rings. The number of nitrogens with one attached hydrogen (secondary N) is 1. The van der Waals surface area contributed by atoms with Crippen molar-refractivity contribution in [2.24, 2.45) is 11.7 Å². The highest BCUT2D eigenvalue weighted by Gasteiger charge is 2.22. The van der Waals surface area contributed by atoms with Gasteiger partial charge in [0.05, 0.1) is 0 Å². The molecule has 1 fully saturated rings. The van der Waals surface area contributed by atoms with Crippen LogP contribution in [0.1, 0.15) is 30.4 Å². The van der Waals surface area contributed by atoms with E-state index in [0.717, 1.165) is 44.6 Å². The number of nitrogens with two attached hydrogens (primary N) is 1. The molecule has 4 heteroatoms. The summed E-state index contributed by atoms with van der Waals surface area (Å²) in [6.07, 6.45) is 3.21. The van der Waals surface area contributed by atoms with Gasteiger partial charge in [0.15, 0.2) is 0 Å². The van der Waals surface area contributed by atoms with E-state index >= 15 is 0 Å². The third-order valence-electron chi connectivity index (χ3n) is 3.95. The number of hydrogen-bond donors (Lipinski definition) is 2. The van der Waals surface area contributed by atoms with Crippen molar-refractivity contribution < 1.29 is 4.79 Å². The summed E-state index contributed by atoms with van der Waals surface area (Å²) in [5.74, 6) is 0.685. The van der Waals surface area contributed by atoms with Gasteiger partial charge in [-0.2, -0.15) is 0 Å². The Morgan fingerprint density at radius 1 is 1.25 bits per heavy atom. The molecule has 1 aromatic carbocycles. The smallest absolute Gasteiger partial charge is 0.321 e. The molecular weight excluding hydrogens is 250 g/mol. The van der Waals surface area contributed by atoms with E-state index in [-0.39, 0.29) is 6.03 Å². The molecule has 2 rings (SSSR count). The summed E-state index contributed by atoms with van der Waals surface area (Å²) in [4.78, 5) is 14.2. The Morgan fingerprint density at radius 2 is 1.85 bits per heavy atom. The number of piperidine rings is 1. The Balaban J connectivity index is 1.89. The van der Waals surface area contributed by atoms with E-state index in [4.69, 9.17) is 5.73 Å². The minimum atomic E-state index is 0.0150. The molecule has 110 valence electrons. The van der Waals surface area contributed by atoms with Crippen molar-refractivity contribution in [1.82, 2.24) is 4.90 Å². The summed E-state index contributed by atoms with van der Waals surface area (Å²) in [5, 5.41) is 3.00. The Hall–Kier alpha value is -1.55. The minimum absolute atomic E-state index is 0.0150. The topological polar surface area (TPSA) is 58.4 Å². The van der Waals surface area contributed by atoms with Crippen molar-refractivity contribution in [3.8, 4) is 0 Å². The summed E-state index contributed by atoms with van der Waals surface area (Å²) in [6.45, 7) is 6.50. The van der Waals surface area contributed by atoms with Crippen molar-refractivity contribution in [3.63, 3.8) is 0 Å². The van der Waals surface area contributed by atoms with Crippen LogP contribution in [0.3, 0.4) is 0 Å². The van der Waals surface area contributed by atoms with Gasteiger partial charge in [-0.3, -0.25) is 0 Å². The van der Waals surface area contributed by atoms with Gasteiger partial charge in [0.1, 0.15) is 0 Å². The molecule has 0 radical (unpaired) electrons. The second-order valence-corrected chi connectivity index (χ2v) is 5.81. The quantitative estimate of drug-likeness (QED) is 0.891. The molecule has 1 saturated heterocycles. The van der Waals surface area contributed by atoms with Crippen LogP contribution in [0, 0.1) is 19.8 Å². The largest absolute Gasteiger partial charge is 0.330 e. The van der Waals surface area contributed by atoms with E-state index in [0.29, 0.717) is 5.92 Å². The van der Waals surface area contributed by atoms with Crippen molar-refractivity contribution in [2.45, 2.75) is 33.1 Å². The van der Waals surface area contributed by atoms with Gasteiger partial charge in [-0.05, 0) is 68.8 Å². The number of aryl methyl sites for hydroxylation is 2. The van der Waals surface area contributed by atoms with E-state index in [1.807, 2.05) is 30.9 Å². The first-order valence-corrected chi connectivity index (χ1v) is 7.43. The Morgan fingerprint density at radius 3 is 2.40 bits per heavy atom. The summed E-state index contributed by atoms with van der Waals surface area (Å²) < 4.78 is 0. The monoisotopic (exact) mass is 275 g/mol. The average Bonchev–Trinajstić information content (AvgIpc) is 2.38. The number of anilines is 1. The number of urea groups is 1. The number of rotatable bonds is 3. The summed E-state index contributed by atoms with van der Waals surface area (Å²) >= 11 is 0. The maximum atomic E-state index is 12.2. The zero-order valence-electron chi connectivity index (χ0n) is 12.5. The third kappa shape index (κ3) is 3.97. The van der Waals surface area contributed by atoms with Crippen LogP contribution in [0.2, 0.25) is 0 Å². The van der Waals surface area contributed by atoms with Crippen LogP contribution < -0.4 is 11.1 Å². The number of hydrogen-bond acceptors (Lipinski definition) is 2. The number of amides is 2. The van der Waals surface area contributed by atoms with Crippen LogP contribution in [-0.4, -0.2) is 30.6 Å². The third-order valence-corrected chi connectivity index (χ3v) is 3.95. The molecule has 0 aromatic heterocycles. The molecule has 0 unspecified atom stereocenters. The molecule has 20 heavy (non-hydrogen) atoms. The molecule has 4 nitrogen and oxygen atoms in total. The Kier molecular flexibility index (Phi) is 5.01. The Bertz CT molecular complexity index is 445. The highest BCUT2D eigenvalue weighted by molar-refractivity contribution is 5.89. The van der Waals surface area contributed by atoms with Crippen LogP contribution in [0.15, 0.2) is 18.2 Å². The van der Waals surface area contributed by atoms with E-state index < -0.39 is 0 Å². The molecule has 1 aliphatic heterocycles. The fraction of sp³-hybridized carbons (Fsp3) is 0.562. The van der Waals surface area contributed by atoms with Gasteiger partial charge in [0, 0.05) is 18.8 Å². The molecule has 1 heterocycles. The first-order valence-electron chi connectivity index (χ1n) is 7.43. The van der Waals surface area contributed by atoms with Gasteiger partial charge in [-0.25, -0.2) is 4.79 Å². The summed E-state index contributed by atoms with van der Waals surface area (Å²) in [7, 11) is 0. The van der Waals surface area contributed by atoms with E-state index in [9.17, 15) is 4.79 Å². The molecule has 2 amide bonds. The number of likely N-dealkylation sites (tertiary alicyclic amines) is 1. The maximum absolute atomic E-state index is 12.2. The van der Waals surface area contributed by atoms with Gasteiger partial charge < -0.3 is 16.0 Å². The zero-order chi connectivity index (χ0) is 14.5. The van der Waals surface area contributed by atoms with Crippen LogP contribution in [0.5, 0.6) is 0 Å². The van der Waals surface area contributed by atoms with Crippen LogP contribution in [0.25, 0.3) is 0 Å². The van der Waals surface area contributed by atoms with Crippen molar-refractivity contribution >= 4 is 11.7 Å². The summed E-state index contributed by atoms with van der Waals surface area (Å²) in [5.41, 5.74) is 8.81. The molecule has 0 spiro atoms. The van der Waals surface area contributed by atoms with E-state index in [1.165, 1.54) is 11.1 Å². The standard InChI is InChI=1S/C16H25N3O/c1-12-9-13(2)11-15(10-12)18-16(20)19-7-4-14(3-6-17)5-8-19/h9-11,14H,3-8,17H2,1-2H3,(H,18,20). The predicted octanol–water partition coefficient (Wildman–Crippen LogP) is 2.90. The highest BCUT2D eigenvalue weighted by Crippen LogP contribution is 2.21. The van der Waals surface area contributed by atoms with Crippen molar-refractivity contribution in [3.05, 3.63) is 29.3 Å². The number of carbonyl (C=O) groups excluding carboxylic acids is 1. The normalized spacial score (nSPS) is 16.2. The lowest BCUT2D eigenvalue weighted by Crippen LogP contribution is -2.41. The lowest BCUT2D eigenvalue weighted by atomic mass is 9.94. The van der Waals surface area contributed by atoms with Crippen LogP contribution >= 0.6 is 0 Å². The molecule has 3 N–H and O–H groups in total. The Labute approximate surface area is 121 Å². The average molecular weight is 275 g/mol. The second kappa shape index (κ2) is 6.75. The van der Waals surface area contributed by atoms with Gasteiger partial charge in [-0.15, -0.1) is 0 Å². The fourth-order valence-corrected chi connectivity index (χ4v) is 2.91. The first-order chi connectivity index (χ1) is 9.58. The van der Waals surface area contributed by atoms with E-state index in [1.54, 1.807) is 0 Å². The maximum Gasteiger partial charge on any atom is 0.321 e. The number of benzene rings is 1. The lowest BCUT2D eigenvalue weighted by Gasteiger charge is -2.31. The molecule has 0 aliphatic carbocycles. The fourth-order valence-electron chi connectivity index (χ4n) is 2.91. The highest BCUT2D eigenvalue weighted by atomic mass is 16.2. The molecule has 0 bridgehead atoms. The molecular formula is C16H25N3O. The van der Waals surface area contributed by atoms with Crippen LogP contribution in [-0.2, 0) is 0 Å². The van der Waals surface area contributed by atoms with E-state index in [2.05, 4.69) is 11.4 Å². The molecule has 0 atom stereocenters. The zero-order valence-corrected chi connectivity index (χ0v) is 12.5. The lowest BCUT2D eigenvalue weighted by molar-refractivity contribution is 0.180. The number of carbonyl (C=O) groups is 1. The number of nitrogens with zero attached hydrogens (tertiary/aromatic N) is 1. The summed E-state index contributed by atoms with van der Waals surface area (Å²) in [6, 6.07) is 6.13. The second-order valence-electron chi connectivity index (χ2n) is 5.81. The van der Waals surface area contributed by atoms with Gasteiger partial charge in [0.25, 0.3) is 0 Å². The molecule has 1 aromatic rings. The SMILES string of the molecule is Cc1cc(C)cc(NC(=O)N2CCC(CCN)CC2)c1. The van der Waals surface area contributed by atoms with Gasteiger partial charge >= 0.3 is 6.03 Å². The van der Waals surface area contributed by atoms with Gasteiger partial charge in [-0.1, -0.05) is 6.07 Å². The first kappa shape index (κ1) is 14.9. The van der Waals surface area contributed by atoms with Crippen LogP contribution in [0.4, 0.5) is 10.5 Å². The van der Waals surface area contributed by atoms with Crippen molar-refractivity contribution in [2.75, 3.05) is 25.0 Å². The predicted molar refractivity (Wildman–Crippen MR) is 82.9 cm³/mol. The molecule has 0 saturated carbocycles. The minimum Gasteiger partial charge on any atom is -0.330 e. The van der Waals surface area contributed by atoms with Gasteiger partial charge in [0.2, 0.25) is 0 Å².